The molecule has 0 heterocycles. The van der Waals surface area contributed by atoms with Gasteiger partial charge in [0.1, 0.15) is 4.99 Å². The Kier molecular flexibility index (Phi) is 4.31. The van der Waals surface area contributed by atoms with Crippen LogP contribution < -0.4 is 5.32 Å². The molecule has 1 N–H and O–H groups in total. The molecule has 2 aromatic carbocycles. The van der Waals surface area contributed by atoms with E-state index < -0.39 is 0 Å². The number of hydrogen-bond acceptors (Lipinski definition) is 1. The van der Waals surface area contributed by atoms with Crippen LogP contribution in [0, 0.1) is 0 Å². The molecule has 2 aromatic rings. The van der Waals surface area contributed by atoms with Crippen LogP contribution in [0.4, 0.5) is 5.69 Å². The SMILES string of the molecule is S=C(Nc1ccc(Br)cc1)c1ccc(Br)cc1. The van der Waals surface area contributed by atoms with E-state index in [1.54, 1.807) is 0 Å². The Balaban J connectivity index is 2.11. The van der Waals surface area contributed by atoms with E-state index in [9.17, 15) is 0 Å². The van der Waals surface area contributed by atoms with Crippen LogP contribution in [0.15, 0.2) is 57.5 Å². The highest BCUT2D eigenvalue weighted by Gasteiger charge is 2.01. The summed E-state index contributed by atoms with van der Waals surface area (Å²) in [7, 11) is 0. The zero-order valence-corrected chi connectivity index (χ0v) is 12.8. The fourth-order valence-corrected chi connectivity index (χ4v) is 2.12. The molecule has 0 aliphatic heterocycles. The number of benzene rings is 2. The first-order chi connectivity index (χ1) is 8.15. The van der Waals surface area contributed by atoms with Gasteiger partial charge in [-0.25, -0.2) is 0 Å². The van der Waals surface area contributed by atoms with E-state index in [-0.39, 0.29) is 0 Å². The van der Waals surface area contributed by atoms with Crippen LogP contribution in [0.25, 0.3) is 0 Å². The van der Waals surface area contributed by atoms with Gasteiger partial charge in [0.25, 0.3) is 0 Å². The Labute approximate surface area is 122 Å². The largest absolute Gasteiger partial charge is 0.346 e. The Morgan fingerprint density at radius 3 is 1.82 bits per heavy atom. The molecule has 0 radical (unpaired) electrons. The molecule has 86 valence electrons. The van der Waals surface area contributed by atoms with Crippen LogP contribution in [-0.2, 0) is 0 Å². The summed E-state index contributed by atoms with van der Waals surface area (Å²) in [4.78, 5) is 0.722. The summed E-state index contributed by atoms with van der Waals surface area (Å²) in [6, 6.07) is 15.8. The van der Waals surface area contributed by atoms with E-state index in [0.717, 1.165) is 25.2 Å². The van der Waals surface area contributed by atoms with Crippen molar-refractivity contribution in [1.29, 1.82) is 0 Å². The van der Waals surface area contributed by atoms with Crippen molar-refractivity contribution in [3.05, 3.63) is 63.0 Å². The molecular formula is C13H9Br2NS. The molecule has 0 spiro atoms. The van der Waals surface area contributed by atoms with E-state index in [1.165, 1.54) is 0 Å². The second-order valence-electron chi connectivity index (χ2n) is 3.47. The number of nitrogens with one attached hydrogen (secondary N) is 1. The van der Waals surface area contributed by atoms with Crippen LogP contribution in [0.5, 0.6) is 0 Å². The fraction of sp³-hybridized carbons (Fsp3) is 0. The summed E-state index contributed by atoms with van der Waals surface area (Å²) in [6.07, 6.45) is 0. The topological polar surface area (TPSA) is 12.0 Å². The van der Waals surface area contributed by atoms with Gasteiger partial charge in [0.15, 0.2) is 0 Å². The minimum absolute atomic E-state index is 0.722. The quantitative estimate of drug-likeness (QED) is 0.746. The zero-order valence-electron chi connectivity index (χ0n) is 8.78. The predicted octanol–water partition coefficient (Wildman–Crippen LogP) is 5.00. The van der Waals surface area contributed by atoms with Gasteiger partial charge in [-0.2, -0.15) is 0 Å². The highest BCUT2D eigenvalue weighted by molar-refractivity contribution is 9.10. The molecule has 0 bridgehead atoms. The second-order valence-corrected chi connectivity index (χ2v) is 5.71. The van der Waals surface area contributed by atoms with E-state index in [1.807, 2.05) is 48.5 Å². The van der Waals surface area contributed by atoms with E-state index in [0.29, 0.717) is 0 Å². The Morgan fingerprint density at radius 1 is 0.824 bits per heavy atom. The first-order valence-corrected chi connectivity index (χ1v) is 6.97. The van der Waals surface area contributed by atoms with E-state index >= 15 is 0 Å². The normalized spacial score (nSPS) is 10.0. The lowest BCUT2D eigenvalue weighted by atomic mass is 10.2. The van der Waals surface area contributed by atoms with E-state index in [2.05, 4.69) is 37.2 Å². The summed E-state index contributed by atoms with van der Waals surface area (Å²) in [5.74, 6) is 0. The molecule has 0 saturated carbocycles. The minimum Gasteiger partial charge on any atom is -0.346 e. The molecule has 0 atom stereocenters. The van der Waals surface area contributed by atoms with Gasteiger partial charge in [0.05, 0.1) is 0 Å². The third-order valence-electron chi connectivity index (χ3n) is 2.21. The number of thiocarbonyl (C=S) groups is 1. The first kappa shape index (κ1) is 12.7. The van der Waals surface area contributed by atoms with Crippen molar-refractivity contribution in [3.8, 4) is 0 Å². The lowest BCUT2D eigenvalue weighted by Gasteiger charge is -2.08. The molecule has 17 heavy (non-hydrogen) atoms. The zero-order chi connectivity index (χ0) is 12.3. The molecule has 0 aromatic heterocycles. The third-order valence-corrected chi connectivity index (χ3v) is 3.60. The smallest absolute Gasteiger partial charge is 0.110 e. The lowest BCUT2D eigenvalue weighted by Crippen LogP contribution is -2.09. The van der Waals surface area contributed by atoms with Crippen molar-refractivity contribution >= 4 is 54.8 Å². The van der Waals surface area contributed by atoms with Crippen LogP contribution in [0.3, 0.4) is 0 Å². The maximum absolute atomic E-state index is 5.34. The summed E-state index contributed by atoms with van der Waals surface area (Å²) < 4.78 is 2.10. The molecular weight excluding hydrogens is 362 g/mol. The fourth-order valence-electron chi connectivity index (χ4n) is 1.34. The minimum atomic E-state index is 0.722. The molecule has 0 fully saturated rings. The van der Waals surface area contributed by atoms with Gasteiger partial charge in [-0.15, -0.1) is 0 Å². The van der Waals surface area contributed by atoms with Gasteiger partial charge in [-0.1, -0.05) is 56.2 Å². The standard InChI is InChI=1S/C13H9Br2NS/c14-10-3-1-9(2-4-10)13(17)16-12-7-5-11(15)6-8-12/h1-8H,(H,16,17). The molecule has 0 amide bonds. The van der Waals surface area contributed by atoms with E-state index in [4.69, 9.17) is 12.2 Å². The van der Waals surface area contributed by atoms with Crippen LogP contribution in [0.2, 0.25) is 0 Å². The Morgan fingerprint density at radius 2 is 1.29 bits per heavy atom. The summed E-state index contributed by atoms with van der Waals surface area (Å²) in [5.41, 5.74) is 1.99. The van der Waals surface area contributed by atoms with Crippen molar-refractivity contribution < 1.29 is 0 Å². The van der Waals surface area contributed by atoms with Crippen LogP contribution >= 0.6 is 44.1 Å². The summed E-state index contributed by atoms with van der Waals surface area (Å²) in [5, 5.41) is 3.20. The van der Waals surface area contributed by atoms with Crippen LogP contribution in [-0.4, -0.2) is 4.99 Å². The lowest BCUT2D eigenvalue weighted by molar-refractivity contribution is 1.57. The predicted molar refractivity (Wildman–Crippen MR) is 83.6 cm³/mol. The van der Waals surface area contributed by atoms with Crippen molar-refractivity contribution in [3.63, 3.8) is 0 Å². The molecule has 0 unspecified atom stereocenters. The molecule has 0 aliphatic carbocycles. The van der Waals surface area contributed by atoms with Gasteiger partial charge < -0.3 is 5.32 Å². The Bertz CT molecular complexity index is 520. The highest BCUT2D eigenvalue weighted by atomic mass is 79.9. The summed E-state index contributed by atoms with van der Waals surface area (Å²) >= 11 is 12.1. The van der Waals surface area contributed by atoms with Gasteiger partial charge in [-0.3, -0.25) is 0 Å². The number of anilines is 1. The third kappa shape index (κ3) is 3.63. The molecule has 1 nitrogen and oxygen atoms in total. The monoisotopic (exact) mass is 369 g/mol. The molecule has 2 rings (SSSR count). The molecule has 0 saturated heterocycles. The maximum atomic E-state index is 5.34. The Hall–Kier alpha value is -0.710. The van der Waals surface area contributed by atoms with Crippen LogP contribution in [0.1, 0.15) is 5.56 Å². The van der Waals surface area contributed by atoms with Gasteiger partial charge >= 0.3 is 0 Å². The van der Waals surface area contributed by atoms with Crippen molar-refractivity contribution in [1.82, 2.24) is 0 Å². The maximum Gasteiger partial charge on any atom is 0.110 e. The van der Waals surface area contributed by atoms with Gasteiger partial charge in [0, 0.05) is 20.2 Å². The van der Waals surface area contributed by atoms with Gasteiger partial charge in [-0.05, 0) is 36.4 Å². The summed E-state index contributed by atoms with van der Waals surface area (Å²) in [6.45, 7) is 0. The highest BCUT2D eigenvalue weighted by Crippen LogP contribution is 2.16. The molecule has 4 heteroatoms. The van der Waals surface area contributed by atoms with Crippen molar-refractivity contribution in [2.45, 2.75) is 0 Å². The number of hydrogen-bond donors (Lipinski definition) is 1. The number of rotatable bonds is 2. The average Bonchev–Trinajstić information content (AvgIpc) is 2.33. The number of halogens is 2. The van der Waals surface area contributed by atoms with Gasteiger partial charge in [0.2, 0.25) is 0 Å². The van der Waals surface area contributed by atoms with Crippen molar-refractivity contribution in [2.24, 2.45) is 0 Å². The molecule has 0 aliphatic rings. The van der Waals surface area contributed by atoms with Crippen molar-refractivity contribution in [2.75, 3.05) is 5.32 Å². The first-order valence-electron chi connectivity index (χ1n) is 4.97. The average molecular weight is 371 g/mol. The second kappa shape index (κ2) is 5.76.